The summed E-state index contributed by atoms with van der Waals surface area (Å²) in [5, 5.41) is 9.86. The lowest BCUT2D eigenvalue weighted by atomic mass is 9.94. The third-order valence-corrected chi connectivity index (χ3v) is 4.75. The van der Waals surface area contributed by atoms with Crippen LogP contribution >= 0.6 is 0 Å². The molecule has 0 bridgehead atoms. The Labute approximate surface area is 146 Å². The molecular formula is C18H23FN4O2. The molecule has 1 aromatic carbocycles. The van der Waals surface area contributed by atoms with E-state index in [0.717, 1.165) is 18.5 Å². The standard InChI is InChI=1S/C18H23FN4O2/c1-12(17-14(19)4-3-5-16(17)25-2)21-18(24)23-10-7-13(8-11-23)15-6-9-20-22-15/h3-6,9,12-13H,7-8,10-11H2,1-2H3,(H,20,22)(H,21,24)/t12-/m0/s1. The van der Waals surface area contributed by atoms with E-state index in [9.17, 15) is 9.18 Å². The summed E-state index contributed by atoms with van der Waals surface area (Å²) >= 11 is 0. The summed E-state index contributed by atoms with van der Waals surface area (Å²) in [5.41, 5.74) is 1.48. The molecule has 2 amide bonds. The average Bonchev–Trinajstić information content (AvgIpc) is 3.16. The van der Waals surface area contributed by atoms with Gasteiger partial charge in [-0.05, 0) is 38.0 Å². The number of hydrogen-bond acceptors (Lipinski definition) is 3. The van der Waals surface area contributed by atoms with Crippen molar-refractivity contribution < 1.29 is 13.9 Å². The number of ether oxygens (including phenoxy) is 1. The van der Waals surface area contributed by atoms with Gasteiger partial charge in [0, 0.05) is 30.9 Å². The number of aromatic amines is 1. The fourth-order valence-electron chi connectivity index (χ4n) is 3.35. The lowest BCUT2D eigenvalue weighted by Crippen LogP contribution is -2.45. The number of carbonyl (C=O) groups excluding carboxylic acids is 1. The topological polar surface area (TPSA) is 70.2 Å². The van der Waals surface area contributed by atoms with Gasteiger partial charge in [-0.3, -0.25) is 5.10 Å². The summed E-state index contributed by atoms with van der Waals surface area (Å²) in [7, 11) is 1.49. The van der Waals surface area contributed by atoms with Gasteiger partial charge in [0.05, 0.1) is 18.7 Å². The third-order valence-electron chi connectivity index (χ3n) is 4.75. The number of halogens is 1. The van der Waals surface area contributed by atoms with E-state index < -0.39 is 6.04 Å². The summed E-state index contributed by atoms with van der Waals surface area (Å²) in [5.74, 6) is 0.450. The van der Waals surface area contributed by atoms with E-state index in [0.29, 0.717) is 30.3 Å². The van der Waals surface area contributed by atoms with Crippen LogP contribution in [0.3, 0.4) is 0 Å². The highest BCUT2D eigenvalue weighted by molar-refractivity contribution is 5.75. The Morgan fingerprint density at radius 3 is 2.80 bits per heavy atom. The van der Waals surface area contributed by atoms with Crippen LogP contribution in [0.4, 0.5) is 9.18 Å². The predicted molar refractivity (Wildman–Crippen MR) is 92.0 cm³/mol. The number of carbonyl (C=O) groups is 1. The van der Waals surface area contributed by atoms with Crippen molar-refractivity contribution in [2.75, 3.05) is 20.2 Å². The monoisotopic (exact) mass is 346 g/mol. The first-order valence-electron chi connectivity index (χ1n) is 8.47. The number of hydrogen-bond donors (Lipinski definition) is 2. The first-order valence-corrected chi connectivity index (χ1v) is 8.47. The summed E-state index contributed by atoms with van der Waals surface area (Å²) < 4.78 is 19.3. The van der Waals surface area contributed by atoms with Crippen LogP contribution in [-0.4, -0.2) is 41.3 Å². The fraction of sp³-hybridized carbons (Fsp3) is 0.444. The van der Waals surface area contributed by atoms with Crippen molar-refractivity contribution in [2.45, 2.75) is 31.7 Å². The van der Waals surface area contributed by atoms with E-state index in [1.165, 1.54) is 13.2 Å². The second kappa shape index (κ2) is 7.55. The van der Waals surface area contributed by atoms with E-state index >= 15 is 0 Å². The maximum Gasteiger partial charge on any atom is 0.317 e. The lowest BCUT2D eigenvalue weighted by molar-refractivity contribution is 0.177. The molecular weight excluding hydrogens is 323 g/mol. The number of nitrogens with one attached hydrogen (secondary N) is 2. The van der Waals surface area contributed by atoms with Crippen molar-refractivity contribution in [3.8, 4) is 5.75 Å². The molecule has 2 N–H and O–H groups in total. The number of likely N-dealkylation sites (tertiary alicyclic amines) is 1. The van der Waals surface area contributed by atoms with Crippen molar-refractivity contribution in [2.24, 2.45) is 0 Å². The molecule has 1 fully saturated rings. The second-order valence-corrected chi connectivity index (χ2v) is 6.30. The van der Waals surface area contributed by atoms with Crippen molar-refractivity contribution in [1.82, 2.24) is 20.4 Å². The summed E-state index contributed by atoms with van der Waals surface area (Å²) in [6.45, 7) is 3.09. The Morgan fingerprint density at radius 1 is 1.40 bits per heavy atom. The number of rotatable bonds is 4. The number of amides is 2. The third kappa shape index (κ3) is 3.75. The Kier molecular flexibility index (Phi) is 5.21. The van der Waals surface area contributed by atoms with Crippen LogP contribution in [0, 0.1) is 5.82 Å². The van der Waals surface area contributed by atoms with E-state index in [-0.39, 0.29) is 11.8 Å². The average molecular weight is 346 g/mol. The molecule has 2 heterocycles. The minimum absolute atomic E-state index is 0.180. The molecule has 0 radical (unpaired) electrons. The molecule has 0 spiro atoms. The van der Waals surface area contributed by atoms with Crippen LogP contribution < -0.4 is 10.1 Å². The van der Waals surface area contributed by atoms with Crippen LogP contribution in [-0.2, 0) is 0 Å². The molecule has 1 aliphatic heterocycles. The zero-order valence-electron chi connectivity index (χ0n) is 14.5. The first-order chi connectivity index (χ1) is 12.1. The minimum Gasteiger partial charge on any atom is -0.496 e. The minimum atomic E-state index is -0.478. The highest BCUT2D eigenvalue weighted by Gasteiger charge is 2.26. The molecule has 1 aliphatic rings. The number of piperidine rings is 1. The van der Waals surface area contributed by atoms with Gasteiger partial charge in [-0.1, -0.05) is 6.07 Å². The zero-order valence-corrected chi connectivity index (χ0v) is 14.5. The summed E-state index contributed by atoms with van der Waals surface area (Å²) in [4.78, 5) is 14.3. The first kappa shape index (κ1) is 17.3. The van der Waals surface area contributed by atoms with Crippen LogP contribution in [0.5, 0.6) is 5.75 Å². The van der Waals surface area contributed by atoms with Gasteiger partial charge in [0.1, 0.15) is 11.6 Å². The largest absolute Gasteiger partial charge is 0.496 e. The Balaban J connectivity index is 1.60. The van der Waals surface area contributed by atoms with Crippen LogP contribution in [0.1, 0.15) is 43.0 Å². The summed E-state index contributed by atoms with van der Waals surface area (Å²) in [6, 6.07) is 5.97. The van der Waals surface area contributed by atoms with Gasteiger partial charge in [-0.15, -0.1) is 0 Å². The van der Waals surface area contributed by atoms with Gasteiger partial charge >= 0.3 is 6.03 Å². The van der Waals surface area contributed by atoms with Gasteiger partial charge in [0.15, 0.2) is 0 Å². The molecule has 3 rings (SSSR count). The number of nitrogens with zero attached hydrogens (tertiary/aromatic N) is 2. The van der Waals surface area contributed by atoms with Gasteiger partial charge < -0.3 is 15.0 Å². The quantitative estimate of drug-likeness (QED) is 0.893. The molecule has 134 valence electrons. The molecule has 7 heteroatoms. The molecule has 1 aromatic heterocycles. The predicted octanol–water partition coefficient (Wildman–Crippen LogP) is 3.21. The van der Waals surface area contributed by atoms with Crippen molar-refractivity contribution in [3.63, 3.8) is 0 Å². The Morgan fingerprint density at radius 2 is 2.16 bits per heavy atom. The van der Waals surface area contributed by atoms with Gasteiger partial charge in [0.2, 0.25) is 0 Å². The summed E-state index contributed by atoms with van der Waals surface area (Å²) in [6.07, 6.45) is 3.51. The zero-order chi connectivity index (χ0) is 17.8. The smallest absolute Gasteiger partial charge is 0.317 e. The molecule has 0 aliphatic carbocycles. The number of urea groups is 1. The highest BCUT2D eigenvalue weighted by atomic mass is 19.1. The van der Waals surface area contributed by atoms with Crippen LogP contribution in [0.15, 0.2) is 30.5 Å². The SMILES string of the molecule is COc1cccc(F)c1[C@H](C)NC(=O)N1CCC(c2ccn[nH]2)CC1. The molecule has 2 aromatic rings. The highest BCUT2D eigenvalue weighted by Crippen LogP contribution is 2.29. The molecule has 0 unspecified atom stereocenters. The maximum absolute atomic E-state index is 14.1. The number of benzene rings is 1. The molecule has 6 nitrogen and oxygen atoms in total. The number of aromatic nitrogens is 2. The van der Waals surface area contributed by atoms with Crippen molar-refractivity contribution >= 4 is 6.03 Å². The number of methoxy groups -OCH3 is 1. The molecule has 0 saturated carbocycles. The fourth-order valence-corrected chi connectivity index (χ4v) is 3.35. The molecule has 1 atom stereocenters. The van der Waals surface area contributed by atoms with E-state index in [4.69, 9.17) is 4.74 Å². The lowest BCUT2D eigenvalue weighted by Gasteiger charge is -2.32. The second-order valence-electron chi connectivity index (χ2n) is 6.30. The van der Waals surface area contributed by atoms with Crippen LogP contribution in [0.2, 0.25) is 0 Å². The maximum atomic E-state index is 14.1. The van der Waals surface area contributed by atoms with E-state index in [1.807, 2.05) is 6.07 Å². The van der Waals surface area contributed by atoms with Crippen molar-refractivity contribution in [1.29, 1.82) is 0 Å². The normalized spacial score (nSPS) is 16.5. The van der Waals surface area contributed by atoms with Gasteiger partial charge in [-0.25, -0.2) is 9.18 Å². The van der Waals surface area contributed by atoms with E-state index in [1.54, 1.807) is 30.2 Å². The van der Waals surface area contributed by atoms with Gasteiger partial charge in [0.25, 0.3) is 0 Å². The Hall–Kier alpha value is -2.57. The van der Waals surface area contributed by atoms with Crippen molar-refractivity contribution in [3.05, 3.63) is 47.5 Å². The number of H-pyrrole nitrogens is 1. The van der Waals surface area contributed by atoms with Gasteiger partial charge in [-0.2, -0.15) is 5.10 Å². The van der Waals surface area contributed by atoms with Crippen LogP contribution in [0.25, 0.3) is 0 Å². The Bertz CT molecular complexity index is 712. The molecule has 1 saturated heterocycles. The molecule has 25 heavy (non-hydrogen) atoms. The van der Waals surface area contributed by atoms with E-state index in [2.05, 4.69) is 15.5 Å².